The molecule has 174 valence electrons. The molecule has 4 heterocycles. The number of amides is 1. The Labute approximate surface area is 196 Å². The minimum absolute atomic E-state index is 0.0419. The summed E-state index contributed by atoms with van der Waals surface area (Å²) in [5.41, 5.74) is 4.09. The Kier molecular flexibility index (Phi) is 5.21. The Balaban J connectivity index is 1.51. The van der Waals surface area contributed by atoms with Crippen molar-refractivity contribution in [1.82, 2.24) is 14.9 Å². The molecule has 0 aliphatic carbocycles. The zero-order valence-electron chi connectivity index (χ0n) is 19.3. The molecule has 2 aliphatic heterocycles. The van der Waals surface area contributed by atoms with E-state index in [4.69, 9.17) is 9.72 Å². The van der Waals surface area contributed by atoms with E-state index in [1.54, 1.807) is 12.1 Å². The van der Waals surface area contributed by atoms with E-state index in [2.05, 4.69) is 21.7 Å². The van der Waals surface area contributed by atoms with Crippen molar-refractivity contribution in [2.24, 2.45) is 7.05 Å². The molecule has 2 aromatic heterocycles. The fraction of sp³-hybridized carbons (Fsp3) is 0.458. The van der Waals surface area contributed by atoms with Gasteiger partial charge in [0.2, 0.25) is 0 Å². The highest BCUT2D eigenvalue weighted by Gasteiger charge is 2.35. The maximum Gasteiger partial charge on any atom is 0.335 e. The first-order valence-electron chi connectivity index (χ1n) is 11.1. The lowest BCUT2D eigenvalue weighted by molar-refractivity contribution is 0.0696. The summed E-state index contributed by atoms with van der Waals surface area (Å²) in [4.78, 5) is 32.0. The van der Waals surface area contributed by atoms with Crippen molar-refractivity contribution in [2.45, 2.75) is 45.2 Å². The molecular formula is C24H28N4O4S. The Morgan fingerprint density at radius 2 is 2.18 bits per heavy atom. The lowest BCUT2D eigenvalue weighted by Crippen LogP contribution is -2.48. The van der Waals surface area contributed by atoms with Gasteiger partial charge in [-0.1, -0.05) is 11.3 Å². The third kappa shape index (κ3) is 3.79. The van der Waals surface area contributed by atoms with Gasteiger partial charge in [0, 0.05) is 42.1 Å². The van der Waals surface area contributed by atoms with E-state index in [1.165, 1.54) is 11.3 Å². The molecule has 1 saturated heterocycles. The third-order valence-electron chi connectivity index (χ3n) is 6.74. The number of aromatic nitrogens is 2. The third-order valence-corrected chi connectivity index (χ3v) is 7.87. The summed E-state index contributed by atoms with van der Waals surface area (Å²) in [6.07, 6.45) is 1.41. The molecule has 1 atom stereocenters. The monoisotopic (exact) mass is 468 g/mol. The number of carbonyl (C=O) groups excluding carboxylic acids is 1. The molecule has 8 nitrogen and oxygen atoms in total. The minimum Gasteiger partial charge on any atom is -0.478 e. The molecule has 5 rings (SSSR count). The number of hydrogen-bond donors (Lipinski definition) is 2. The van der Waals surface area contributed by atoms with Crippen LogP contribution in [-0.2, 0) is 24.6 Å². The number of carbonyl (C=O) groups is 2. The highest BCUT2D eigenvalue weighted by molar-refractivity contribution is 7.17. The number of benzene rings is 1. The van der Waals surface area contributed by atoms with Crippen LogP contribution < -0.4 is 10.2 Å². The largest absolute Gasteiger partial charge is 0.478 e. The molecule has 3 aromatic rings. The van der Waals surface area contributed by atoms with E-state index in [1.807, 2.05) is 27.0 Å². The zero-order valence-corrected chi connectivity index (χ0v) is 20.1. The van der Waals surface area contributed by atoms with Crippen LogP contribution in [0.3, 0.4) is 0 Å². The number of carboxylic acid groups (broad SMARTS) is 1. The van der Waals surface area contributed by atoms with Gasteiger partial charge in [0.1, 0.15) is 4.88 Å². The number of carboxylic acids is 1. The van der Waals surface area contributed by atoms with Gasteiger partial charge in [-0.05, 0) is 51.0 Å². The average molecular weight is 469 g/mol. The first kappa shape index (κ1) is 21.9. The van der Waals surface area contributed by atoms with Crippen molar-refractivity contribution >= 4 is 39.2 Å². The number of anilines is 1. The van der Waals surface area contributed by atoms with Crippen LogP contribution >= 0.6 is 11.3 Å². The van der Waals surface area contributed by atoms with Gasteiger partial charge in [0.25, 0.3) is 5.91 Å². The lowest BCUT2D eigenvalue weighted by atomic mass is 9.94. The number of thiazole rings is 1. The van der Waals surface area contributed by atoms with E-state index in [9.17, 15) is 14.7 Å². The van der Waals surface area contributed by atoms with Crippen molar-refractivity contribution in [3.63, 3.8) is 0 Å². The van der Waals surface area contributed by atoms with Gasteiger partial charge in [0.15, 0.2) is 5.13 Å². The number of nitrogens with zero attached hydrogens (tertiary/aromatic N) is 3. The van der Waals surface area contributed by atoms with Crippen LogP contribution in [0.4, 0.5) is 5.13 Å². The van der Waals surface area contributed by atoms with E-state index >= 15 is 0 Å². The smallest absolute Gasteiger partial charge is 0.335 e. The Hall–Kier alpha value is -2.91. The summed E-state index contributed by atoms with van der Waals surface area (Å²) in [5.74, 6) is -0.984. The Morgan fingerprint density at radius 1 is 1.39 bits per heavy atom. The van der Waals surface area contributed by atoms with Gasteiger partial charge in [-0.2, -0.15) is 0 Å². The van der Waals surface area contributed by atoms with Crippen LogP contribution in [0.5, 0.6) is 0 Å². The summed E-state index contributed by atoms with van der Waals surface area (Å²) in [6.45, 7) is 7.95. The van der Waals surface area contributed by atoms with Crippen LogP contribution in [0.1, 0.15) is 50.8 Å². The average Bonchev–Trinajstić information content (AvgIpc) is 3.28. The summed E-state index contributed by atoms with van der Waals surface area (Å²) < 4.78 is 7.95. The van der Waals surface area contributed by atoms with E-state index in [-0.39, 0.29) is 23.1 Å². The van der Waals surface area contributed by atoms with Crippen LogP contribution in [0.25, 0.3) is 10.9 Å². The zero-order chi connectivity index (χ0) is 23.5. The fourth-order valence-electron chi connectivity index (χ4n) is 4.94. The maximum absolute atomic E-state index is 12.6. The highest BCUT2D eigenvalue weighted by Crippen LogP contribution is 2.35. The number of aromatic carboxylic acids is 1. The Bertz CT molecular complexity index is 1280. The fourth-order valence-corrected chi connectivity index (χ4v) is 6.01. The number of ether oxygens (including phenoxy) is 1. The summed E-state index contributed by atoms with van der Waals surface area (Å²) in [6, 6.07) is 5.33. The second-order valence-corrected chi connectivity index (χ2v) is 10.6. The molecule has 0 radical (unpaired) electrons. The van der Waals surface area contributed by atoms with Crippen molar-refractivity contribution in [1.29, 1.82) is 0 Å². The summed E-state index contributed by atoms with van der Waals surface area (Å²) in [7, 11) is 2.01. The molecule has 1 fully saturated rings. The number of fused-ring (bicyclic) bond motifs is 2. The number of aryl methyl sites for hydroxylation is 1. The Morgan fingerprint density at radius 3 is 2.94 bits per heavy atom. The standard InChI is InChI=1S/C24H28N4O4S/c1-13-16(17-9-14(22(30)31)5-6-19(17)27(13)4)10-15-12-32-8-7-28(15)23-25-18-11-24(2,3)26-21(29)20(18)33-23/h5-6,9,15H,7-8,10-12H2,1-4H3,(H,26,29)(H,30,31)/t15-/m0/s1. The van der Waals surface area contributed by atoms with Crippen LogP contribution in [0.2, 0.25) is 0 Å². The second kappa shape index (κ2) is 7.85. The quantitative estimate of drug-likeness (QED) is 0.611. The summed E-state index contributed by atoms with van der Waals surface area (Å²) in [5, 5.41) is 14.4. The maximum atomic E-state index is 12.6. The molecule has 1 aromatic carbocycles. The van der Waals surface area contributed by atoms with Gasteiger partial charge >= 0.3 is 5.97 Å². The van der Waals surface area contributed by atoms with Crippen LogP contribution in [0, 0.1) is 6.92 Å². The van der Waals surface area contributed by atoms with E-state index in [0.29, 0.717) is 37.5 Å². The molecular weight excluding hydrogens is 440 g/mol. The lowest BCUT2D eigenvalue weighted by Gasteiger charge is -2.35. The van der Waals surface area contributed by atoms with Gasteiger partial charge in [-0.15, -0.1) is 0 Å². The minimum atomic E-state index is -0.929. The molecule has 9 heteroatoms. The van der Waals surface area contributed by atoms with Crippen molar-refractivity contribution in [3.8, 4) is 0 Å². The van der Waals surface area contributed by atoms with E-state index in [0.717, 1.165) is 33.0 Å². The highest BCUT2D eigenvalue weighted by atomic mass is 32.1. The van der Waals surface area contributed by atoms with Crippen molar-refractivity contribution in [3.05, 3.63) is 45.6 Å². The molecule has 1 amide bonds. The topological polar surface area (TPSA) is 96.7 Å². The molecule has 0 saturated carbocycles. The summed E-state index contributed by atoms with van der Waals surface area (Å²) >= 11 is 1.45. The number of hydrogen-bond acceptors (Lipinski definition) is 6. The number of morpholine rings is 1. The molecule has 33 heavy (non-hydrogen) atoms. The molecule has 0 unspecified atom stereocenters. The predicted molar refractivity (Wildman–Crippen MR) is 128 cm³/mol. The van der Waals surface area contributed by atoms with Crippen LogP contribution in [-0.4, -0.2) is 57.9 Å². The van der Waals surface area contributed by atoms with Gasteiger partial charge in [0.05, 0.1) is 30.5 Å². The van der Waals surface area contributed by atoms with Crippen LogP contribution in [0.15, 0.2) is 18.2 Å². The van der Waals surface area contributed by atoms with Crippen molar-refractivity contribution < 1.29 is 19.4 Å². The molecule has 2 N–H and O–H groups in total. The van der Waals surface area contributed by atoms with Crippen molar-refractivity contribution in [2.75, 3.05) is 24.7 Å². The van der Waals surface area contributed by atoms with Gasteiger partial charge < -0.3 is 24.6 Å². The first-order chi connectivity index (χ1) is 15.6. The predicted octanol–water partition coefficient (Wildman–Crippen LogP) is 3.15. The molecule has 2 aliphatic rings. The normalized spacial score (nSPS) is 20.1. The number of rotatable bonds is 4. The second-order valence-electron chi connectivity index (χ2n) is 9.57. The van der Waals surface area contributed by atoms with Gasteiger partial charge in [-0.25, -0.2) is 9.78 Å². The number of nitrogens with one attached hydrogen (secondary N) is 1. The first-order valence-corrected chi connectivity index (χ1v) is 11.9. The van der Waals surface area contributed by atoms with Gasteiger partial charge in [-0.3, -0.25) is 4.79 Å². The molecule has 0 bridgehead atoms. The SMILES string of the molecule is Cc1c(C[C@H]2COCCN2c2nc3c(s2)C(=O)NC(C)(C)C3)c2cc(C(=O)O)ccc2n1C. The molecule has 0 spiro atoms. The van der Waals surface area contributed by atoms with E-state index < -0.39 is 5.97 Å².